The highest BCUT2D eigenvalue weighted by molar-refractivity contribution is 7.99. The largest absolute Gasteiger partial charge is 0.423 e. The van der Waals surface area contributed by atoms with Crippen LogP contribution in [0, 0.1) is 0 Å². The van der Waals surface area contributed by atoms with E-state index in [0.717, 1.165) is 12.1 Å². The lowest BCUT2D eigenvalue weighted by atomic mass is 10.2. The summed E-state index contributed by atoms with van der Waals surface area (Å²) in [7, 11) is 0. The van der Waals surface area contributed by atoms with Gasteiger partial charge in [-0.2, -0.15) is 8.78 Å². The zero-order valence-corrected chi connectivity index (χ0v) is 13.8. The van der Waals surface area contributed by atoms with Gasteiger partial charge in [-0.05, 0) is 54.6 Å². The van der Waals surface area contributed by atoms with Crippen LogP contribution in [0.5, 0.6) is 5.75 Å². The third-order valence-corrected chi connectivity index (χ3v) is 4.35. The van der Waals surface area contributed by atoms with E-state index in [0.29, 0.717) is 13.0 Å². The van der Waals surface area contributed by atoms with Gasteiger partial charge in [0.05, 0.1) is 5.56 Å². The van der Waals surface area contributed by atoms with E-state index in [1.165, 1.54) is 18.3 Å². The standard InChI is InChI=1S/C17H14F2N2O3S/c18-17(19)25-15-13(3-1-9-20-15)16(23)24-12-7-5-11(6-8-12)21-10-2-4-14(21)22/h1,3,5-9,17H,2,4,10H2. The summed E-state index contributed by atoms with van der Waals surface area (Å²) in [5.74, 6) is -3.12. The molecule has 0 spiro atoms. The predicted octanol–water partition coefficient (Wildman–Crippen LogP) is 3.74. The molecule has 1 aromatic carbocycles. The van der Waals surface area contributed by atoms with Crippen LogP contribution in [0.2, 0.25) is 0 Å². The van der Waals surface area contributed by atoms with Crippen LogP contribution in [-0.2, 0) is 4.79 Å². The highest BCUT2D eigenvalue weighted by Crippen LogP contribution is 2.28. The lowest BCUT2D eigenvalue weighted by Gasteiger charge is -2.16. The molecule has 3 rings (SSSR count). The van der Waals surface area contributed by atoms with Crippen LogP contribution in [0.4, 0.5) is 14.5 Å². The fraction of sp³-hybridized carbons (Fsp3) is 0.235. The van der Waals surface area contributed by atoms with Crippen LogP contribution in [0.1, 0.15) is 23.2 Å². The minimum atomic E-state index is -2.68. The number of aromatic nitrogens is 1. The summed E-state index contributed by atoms with van der Waals surface area (Å²) in [5.41, 5.74) is 0.712. The summed E-state index contributed by atoms with van der Waals surface area (Å²) in [6.07, 6.45) is 2.69. The van der Waals surface area contributed by atoms with Crippen molar-refractivity contribution in [3.05, 3.63) is 48.2 Å². The van der Waals surface area contributed by atoms with Gasteiger partial charge in [-0.15, -0.1) is 0 Å². The smallest absolute Gasteiger partial charge is 0.346 e. The Hall–Kier alpha value is -2.48. The lowest BCUT2D eigenvalue weighted by Crippen LogP contribution is -2.23. The fourth-order valence-electron chi connectivity index (χ4n) is 2.50. The number of hydrogen-bond donors (Lipinski definition) is 0. The Morgan fingerprint density at radius 2 is 2.00 bits per heavy atom. The predicted molar refractivity (Wildman–Crippen MR) is 89.1 cm³/mol. The van der Waals surface area contributed by atoms with Crippen LogP contribution in [0.3, 0.4) is 0 Å². The number of anilines is 1. The van der Waals surface area contributed by atoms with Crippen molar-refractivity contribution in [2.75, 3.05) is 11.4 Å². The second-order valence-electron chi connectivity index (χ2n) is 5.27. The molecular formula is C17H14F2N2O3S. The van der Waals surface area contributed by atoms with Crippen LogP contribution in [-0.4, -0.2) is 29.2 Å². The molecule has 25 heavy (non-hydrogen) atoms. The van der Waals surface area contributed by atoms with Crippen molar-refractivity contribution in [3.8, 4) is 5.75 Å². The van der Waals surface area contributed by atoms with Gasteiger partial charge in [-0.25, -0.2) is 9.78 Å². The Bertz CT molecular complexity index is 784. The molecule has 1 fully saturated rings. The zero-order chi connectivity index (χ0) is 17.8. The molecule has 8 heteroatoms. The average molecular weight is 364 g/mol. The summed E-state index contributed by atoms with van der Waals surface area (Å²) in [6, 6.07) is 9.36. The van der Waals surface area contributed by atoms with E-state index >= 15 is 0 Å². The van der Waals surface area contributed by atoms with Crippen molar-refractivity contribution in [1.29, 1.82) is 0 Å². The van der Waals surface area contributed by atoms with Crippen molar-refractivity contribution in [1.82, 2.24) is 4.98 Å². The third-order valence-electron chi connectivity index (χ3n) is 3.62. The van der Waals surface area contributed by atoms with Gasteiger partial charge in [0.15, 0.2) is 0 Å². The molecular weight excluding hydrogens is 350 g/mol. The molecule has 0 unspecified atom stereocenters. The lowest BCUT2D eigenvalue weighted by molar-refractivity contribution is -0.117. The van der Waals surface area contributed by atoms with Crippen molar-refractivity contribution in [2.45, 2.75) is 23.6 Å². The number of amides is 1. The molecule has 1 aromatic heterocycles. The maximum atomic E-state index is 12.6. The number of carbonyl (C=O) groups is 2. The number of carbonyl (C=O) groups excluding carboxylic acids is 2. The molecule has 1 aliphatic rings. The molecule has 130 valence electrons. The molecule has 1 saturated heterocycles. The third kappa shape index (κ3) is 4.14. The van der Waals surface area contributed by atoms with Crippen LogP contribution < -0.4 is 9.64 Å². The normalized spacial score (nSPS) is 14.2. The van der Waals surface area contributed by atoms with Crippen LogP contribution in [0.25, 0.3) is 0 Å². The fourth-order valence-corrected chi connectivity index (χ4v) is 3.07. The topological polar surface area (TPSA) is 59.5 Å². The molecule has 1 aliphatic heterocycles. The Morgan fingerprint density at radius 1 is 1.24 bits per heavy atom. The molecule has 0 aliphatic carbocycles. The molecule has 2 aromatic rings. The minimum absolute atomic E-state index is 0.0217. The Labute approximate surface area is 147 Å². The molecule has 0 bridgehead atoms. The zero-order valence-electron chi connectivity index (χ0n) is 13.0. The maximum absolute atomic E-state index is 12.6. The van der Waals surface area contributed by atoms with E-state index in [4.69, 9.17) is 4.74 Å². The molecule has 1 amide bonds. The van der Waals surface area contributed by atoms with E-state index in [1.807, 2.05) is 0 Å². The minimum Gasteiger partial charge on any atom is -0.423 e. The number of esters is 1. The summed E-state index contributed by atoms with van der Waals surface area (Å²) >= 11 is 0.194. The number of rotatable bonds is 5. The second-order valence-corrected chi connectivity index (χ2v) is 6.25. The monoisotopic (exact) mass is 364 g/mol. The summed E-state index contributed by atoms with van der Waals surface area (Å²) in [6.45, 7) is 0.669. The van der Waals surface area contributed by atoms with Gasteiger partial charge in [-0.1, -0.05) is 0 Å². The van der Waals surface area contributed by atoms with Gasteiger partial charge >= 0.3 is 5.97 Å². The number of nitrogens with zero attached hydrogens (tertiary/aromatic N) is 2. The molecule has 0 N–H and O–H groups in total. The van der Waals surface area contributed by atoms with Crippen molar-refractivity contribution >= 4 is 29.3 Å². The highest BCUT2D eigenvalue weighted by atomic mass is 32.2. The molecule has 0 atom stereocenters. The van der Waals surface area contributed by atoms with Gasteiger partial charge in [0.1, 0.15) is 10.8 Å². The van der Waals surface area contributed by atoms with E-state index < -0.39 is 11.7 Å². The average Bonchev–Trinajstić information content (AvgIpc) is 3.01. The molecule has 0 saturated carbocycles. The number of ether oxygens (including phenoxy) is 1. The number of thioether (sulfide) groups is 1. The quantitative estimate of drug-likeness (QED) is 0.459. The van der Waals surface area contributed by atoms with Gasteiger partial charge in [0.25, 0.3) is 5.76 Å². The summed E-state index contributed by atoms with van der Waals surface area (Å²) in [5, 5.41) is -0.0817. The summed E-state index contributed by atoms with van der Waals surface area (Å²) < 4.78 is 30.3. The van der Waals surface area contributed by atoms with Gasteiger partial charge in [0.2, 0.25) is 5.91 Å². The first kappa shape index (κ1) is 17.3. The van der Waals surface area contributed by atoms with E-state index in [1.54, 1.807) is 29.2 Å². The Morgan fingerprint density at radius 3 is 2.64 bits per heavy atom. The summed E-state index contributed by atoms with van der Waals surface area (Å²) in [4.78, 5) is 29.4. The number of alkyl halides is 2. The molecule has 0 radical (unpaired) electrons. The van der Waals surface area contributed by atoms with Crippen molar-refractivity contribution in [3.63, 3.8) is 0 Å². The van der Waals surface area contributed by atoms with Gasteiger partial charge in [0, 0.05) is 24.8 Å². The van der Waals surface area contributed by atoms with Crippen LogP contribution in [0.15, 0.2) is 47.6 Å². The first-order chi connectivity index (χ1) is 12.0. The Balaban J connectivity index is 1.72. The van der Waals surface area contributed by atoms with Crippen LogP contribution >= 0.6 is 11.8 Å². The van der Waals surface area contributed by atoms with E-state index in [9.17, 15) is 18.4 Å². The van der Waals surface area contributed by atoms with Gasteiger partial charge < -0.3 is 9.64 Å². The molecule has 2 heterocycles. The van der Waals surface area contributed by atoms with Gasteiger partial charge in [-0.3, -0.25) is 4.79 Å². The maximum Gasteiger partial charge on any atom is 0.346 e. The highest BCUT2D eigenvalue weighted by Gasteiger charge is 2.22. The Kier molecular flexibility index (Phi) is 5.28. The second kappa shape index (κ2) is 7.60. The van der Waals surface area contributed by atoms with E-state index in [-0.39, 0.29) is 34.0 Å². The first-order valence-corrected chi connectivity index (χ1v) is 8.45. The number of hydrogen-bond acceptors (Lipinski definition) is 5. The molecule has 5 nitrogen and oxygen atoms in total. The number of pyridine rings is 1. The number of benzene rings is 1. The van der Waals surface area contributed by atoms with Crippen molar-refractivity contribution < 1.29 is 23.1 Å². The van der Waals surface area contributed by atoms with Crippen molar-refractivity contribution in [2.24, 2.45) is 0 Å². The first-order valence-electron chi connectivity index (χ1n) is 7.57. The number of halogens is 2. The van der Waals surface area contributed by atoms with E-state index in [2.05, 4.69) is 4.98 Å². The SMILES string of the molecule is O=C(Oc1ccc(N2CCCC2=O)cc1)c1cccnc1SC(F)F.